The Morgan fingerprint density at radius 3 is 1.12 bits per heavy atom. The van der Waals surface area contributed by atoms with Crippen LogP contribution in [0, 0.1) is 6.58 Å². The molecule has 25 heavy (non-hydrogen) atoms. The fraction of sp³-hybridized carbons (Fsp3) is 0.840. The van der Waals surface area contributed by atoms with Gasteiger partial charge < -0.3 is 0 Å². The van der Waals surface area contributed by atoms with E-state index in [1.807, 2.05) is 6.08 Å². The van der Waals surface area contributed by atoms with Crippen molar-refractivity contribution in [2.45, 2.75) is 135 Å². The van der Waals surface area contributed by atoms with Gasteiger partial charge in [0.2, 0.25) is 0 Å². The topological polar surface area (TPSA) is 0 Å². The van der Waals surface area contributed by atoms with Gasteiger partial charge in [0.05, 0.1) is 0 Å². The zero-order valence-corrected chi connectivity index (χ0v) is 17.5. The van der Waals surface area contributed by atoms with E-state index in [9.17, 15) is 0 Å². The molecular formula is C25H47. The molecule has 0 bridgehead atoms. The average molecular weight is 348 g/mol. The summed E-state index contributed by atoms with van der Waals surface area (Å²) in [6.45, 7) is 7.60. The molecule has 0 rings (SSSR count). The molecule has 0 aromatic carbocycles. The van der Waals surface area contributed by atoms with Crippen LogP contribution in [0.1, 0.15) is 135 Å². The zero-order chi connectivity index (χ0) is 18.3. The third-order valence-corrected chi connectivity index (χ3v) is 5.22. The van der Waals surface area contributed by atoms with Gasteiger partial charge in [-0.15, -0.1) is 0 Å². The Balaban J connectivity index is 2.98. The summed E-state index contributed by atoms with van der Waals surface area (Å²) in [5, 5.41) is 0. The van der Waals surface area contributed by atoms with E-state index < -0.39 is 0 Å². The van der Waals surface area contributed by atoms with E-state index in [1.165, 1.54) is 128 Å². The smallest absolute Gasteiger partial charge is 0.0348 e. The maximum Gasteiger partial charge on any atom is -0.0348 e. The molecule has 0 aliphatic heterocycles. The van der Waals surface area contributed by atoms with Crippen molar-refractivity contribution in [3.63, 3.8) is 0 Å². The monoisotopic (exact) mass is 347 g/mol. The minimum atomic E-state index is 1.19. The molecule has 0 saturated heterocycles. The van der Waals surface area contributed by atoms with Crippen LogP contribution in [0.2, 0.25) is 0 Å². The van der Waals surface area contributed by atoms with E-state index in [4.69, 9.17) is 6.58 Å². The van der Waals surface area contributed by atoms with Gasteiger partial charge in [-0.05, 0) is 12.8 Å². The average Bonchev–Trinajstić information content (AvgIpc) is 2.63. The predicted octanol–water partition coefficient (Wildman–Crippen LogP) is 9.35. The second-order valence-corrected chi connectivity index (χ2v) is 7.77. The standard InChI is InChI=1S/C25H47/c1-3-5-7-9-11-13-15-17-19-21-23-25-24-22-20-18-16-14-12-10-8-6-4-2/h1,3,5,7H,4,6,8-25H2,2H3/b3-1?,7-5+. The molecule has 0 saturated carbocycles. The van der Waals surface area contributed by atoms with Gasteiger partial charge in [0, 0.05) is 0 Å². The maximum atomic E-state index is 5.30. The molecular weight excluding hydrogens is 300 g/mol. The molecule has 0 amide bonds. The molecule has 0 aliphatic rings. The van der Waals surface area contributed by atoms with Crippen molar-refractivity contribution in [2.24, 2.45) is 0 Å². The lowest BCUT2D eigenvalue weighted by molar-refractivity contribution is 0.523. The van der Waals surface area contributed by atoms with Crippen LogP contribution in [0.5, 0.6) is 0 Å². The molecule has 0 aromatic rings. The number of hydrogen-bond acceptors (Lipinski definition) is 0. The summed E-state index contributed by atoms with van der Waals surface area (Å²) in [6.07, 6.45) is 34.4. The van der Waals surface area contributed by atoms with E-state index >= 15 is 0 Å². The molecule has 0 heteroatoms. The van der Waals surface area contributed by atoms with Gasteiger partial charge in [-0.2, -0.15) is 0 Å². The Morgan fingerprint density at radius 1 is 0.480 bits per heavy atom. The van der Waals surface area contributed by atoms with Crippen LogP contribution in [-0.4, -0.2) is 0 Å². The second-order valence-electron chi connectivity index (χ2n) is 7.77. The third-order valence-electron chi connectivity index (χ3n) is 5.22. The lowest BCUT2D eigenvalue weighted by atomic mass is 10.0. The van der Waals surface area contributed by atoms with E-state index in [-0.39, 0.29) is 0 Å². The van der Waals surface area contributed by atoms with E-state index in [2.05, 4.69) is 13.0 Å². The second kappa shape index (κ2) is 23.5. The first-order valence-corrected chi connectivity index (χ1v) is 11.6. The normalized spacial score (nSPS) is 11.4. The molecule has 0 aliphatic carbocycles. The lowest BCUT2D eigenvalue weighted by Crippen LogP contribution is -1.84. The zero-order valence-electron chi connectivity index (χ0n) is 17.5. The number of unbranched alkanes of at least 4 members (excludes halogenated alkanes) is 19. The fourth-order valence-corrected chi connectivity index (χ4v) is 3.52. The molecule has 0 atom stereocenters. The van der Waals surface area contributed by atoms with Gasteiger partial charge in [0.15, 0.2) is 0 Å². The molecule has 0 N–H and O–H groups in total. The molecule has 0 spiro atoms. The van der Waals surface area contributed by atoms with Gasteiger partial charge in [0.25, 0.3) is 0 Å². The van der Waals surface area contributed by atoms with Crippen molar-refractivity contribution in [1.82, 2.24) is 0 Å². The molecule has 0 fully saturated rings. The molecule has 147 valence electrons. The van der Waals surface area contributed by atoms with E-state index in [0.29, 0.717) is 0 Å². The van der Waals surface area contributed by atoms with E-state index in [0.717, 1.165) is 0 Å². The van der Waals surface area contributed by atoms with Crippen LogP contribution in [-0.2, 0) is 0 Å². The van der Waals surface area contributed by atoms with E-state index in [1.54, 1.807) is 6.08 Å². The quantitative estimate of drug-likeness (QED) is 0.143. The Morgan fingerprint density at radius 2 is 0.800 bits per heavy atom. The molecule has 1 radical (unpaired) electrons. The van der Waals surface area contributed by atoms with Crippen molar-refractivity contribution in [3.05, 3.63) is 24.8 Å². The summed E-state index contributed by atoms with van der Waals surface area (Å²) in [7, 11) is 0. The van der Waals surface area contributed by atoms with Crippen molar-refractivity contribution < 1.29 is 0 Å². The highest BCUT2D eigenvalue weighted by molar-refractivity contribution is 4.95. The fourth-order valence-electron chi connectivity index (χ4n) is 3.52. The summed E-state index contributed by atoms with van der Waals surface area (Å²) < 4.78 is 0. The Kier molecular flexibility index (Phi) is 23.0. The van der Waals surface area contributed by atoms with Gasteiger partial charge in [-0.25, -0.2) is 0 Å². The Labute approximate surface area is 160 Å². The summed E-state index contributed by atoms with van der Waals surface area (Å²) in [5.74, 6) is 0. The summed E-state index contributed by atoms with van der Waals surface area (Å²) in [4.78, 5) is 0. The first kappa shape index (κ1) is 24.5. The van der Waals surface area contributed by atoms with Crippen molar-refractivity contribution in [2.75, 3.05) is 0 Å². The molecule has 0 aromatic heterocycles. The first-order valence-electron chi connectivity index (χ1n) is 11.6. The summed E-state index contributed by atoms with van der Waals surface area (Å²) in [5.41, 5.74) is 0. The van der Waals surface area contributed by atoms with Crippen molar-refractivity contribution in [3.8, 4) is 0 Å². The highest BCUT2D eigenvalue weighted by Gasteiger charge is 1.95. The largest absolute Gasteiger partial charge is 0.0845 e. The minimum Gasteiger partial charge on any atom is -0.0845 e. The summed E-state index contributed by atoms with van der Waals surface area (Å²) >= 11 is 0. The lowest BCUT2D eigenvalue weighted by Gasteiger charge is -2.03. The van der Waals surface area contributed by atoms with Gasteiger partial charge >= 0.3 is 0 Å². The van der Waals surface area contributed by atoms with Crippen LogP contribution < -0.4 is 0 Å². The number of rotatable bonds is 21. The highest BCUT2D eigenvalue weighted by Crippen LogP contribution is 2.14. The molecule has 0 unspecified atom stereocenters. The first-order chi connectivity index (χ1) is 12.4. The maximum absolute atomic E-state index is 5.30. The molecule has 0 heterocycles. The highest BCUT2D eigenvalue weighted by atomic mass is 14.0. The number of allylic oxidation sites excluding steroid dienone is 3. The van der Waals surface area contributed by atoms with Crippen LogP contribution >= 0.6 is 0 Å². The Bertz CT molecular complexity index is 263. The van der Waals surface area contributed by atoms with Crippen LogP contribution in [0.3, 0.4) is 0 Å². The third kappa shape index (κ3) is 23.5. The van der Waals surface area contributed by atoms with Crippen molar-refractivity contribution in [1.29, 1.82) is 0 Å². The number of hydrogen-bond donors (Lipinski definition) is 0. The minimum absolute atomic E-state index is 1.19. The Hall–Kier alpha value is -0.520. The SMILES string of the molecule is [CH]=C/C=C/CCCCCCCCCCCCCCCCCCCCC. The summed E-state index contributed by atoms with van der Waals surface area (Å²) in [6, 6.07) is 0. The van der Waals surface area contributed by atoms with Gasteiger partial charge in [0.1, 0.15) is 0 Å². The van der Waals surface area contributed by atoms with Crippen LogP contribution in [0.25, 0.3) is 0 Å². The van der Waals surface area contributed by atoms with Crippen LogP contribution in [0.4, 0.5) is 0 Å². The molecule has 0 nitrogen and oxygen atoms in total. The van der Waals surface area contributed by atoms with Crippen LogP contribution in [0.15, 0.2) is 18.2 Å². The van der Waals surface area contributed by atoms with Crippen molar-refractivity contribution >= 4 is 0 Å². The predicted molar refractivity (Wildman–Crippen MR) is 116 cm³/mol. The van der Waals surface area contributed by atoms with Gasteiger partial charge in [-0.1, -0.05) is 147 Å². The van der Waals surface area contributed by atoms with Gasteiger partial charge in [-0.3, -0.25) is 0 Å².